The Bertz CT molecular complexity index is 703. The average molecular weight is 352 g/mol. The summed E-state index contributed by atoms with van der Waals surface area (Å²) in [6.07, 6.45) is 2.02. The molecule has 1 aliphatic heterocycles. The first-order valence-corrected chi connectivity index (χ1v) is 7.86. The Hall–Kier alpha value is -2.39. The second-order valence-electron chi connectivity index (χ2n) is 4.87. The van der Waals surface area contributed by atoms with Gasteiger partial charge in [-0.2, -0.15) is 0 Å². The van der Waals surface area contributed by atoms with E-state index in [1.54, 1.807) is 13.2 Å². The summed E-state index contributed by atoms with van der Waals surface area (Å²) in [6.45, 7) is 0.726. The van der Waals surface area contributed by atoms with Crippen molar-refractivity contribution in [2.24, 2.45) is 0 Å². The highest BCUT2D eigenvalue weighted by molar-refractivity contribution is 8.18. The maximum atomic E-state index is 12.3. The molecule has 0 spiro atoms. The topological polar surface area (TPSA) is 99.0 Å². The summed E-state index contributed by atoms with van der Waals surface area (Å²) < 4.78 is 9.84. The van der Waals surface area contributed by atoms with Gasteiger partial charge in [-0.25, -0.2) is 0 Å². The van der Waals surface area contributed by atoms with Crippen LogP contribution in [0.2, 0.25) is 0 Å². The van der Waals surface area contributed by atoms with E-state index in [0.29, 0.717) is 18.6 Å². The molecule has 1 aromatic rings. The number of nitrogens with zero attached hydrogens (tertiary/aromatic N) is 2. The lowest BCUT2D eigenvalue weighted by molar-refractivity contribution is -0.385. The number of thioether (sulfide) groups is 1. The maximum Gasteiger partial charge on any atom is 0.311 e. The molecule has 1 aromatic carbocycles. The molecule has 24 heavy (non-hydrogen) atoms. The maximum absolute atomic E-state index is 12.3. The summed E-state index contributed by atoms with van der Waals surface area (Å²) in [7, 11) is 2.89. The van der Waals surface area contributed by atoms with Gasteiger partial charge >= 0.3 is 5.69 Å². The van der Waals surface area contributed by atoms with Crippen LogP contribution in [0.1, 0.15) is 12.0 Å². The van der Waals surface area contributed by atoms with Crippen LogP contribution in [-0.2, 0) is 9.53 Å². The molecule has 8 nitrogen and oxygen atoms in total. The summed E-state index contributed by atoms with van der Waals surface area (Å²) in [6, 6.07) is 4.34. The van der Waals surface area contributed by atoms with Crippen LogP contribution in [0.5, 0.6) is 5.75 Å². The third-order valence-corrected chi connectivity index (χ3v) is 4.21. The molecule has 128 valence electrons. The number of rotatable bonds is 7. The minimum Gasteiger partial charge on any atom is -0.490 e. The first-order valence-electron chi connectivity index (χ1n) is 7.04. The molecular formula is C15H16N2O6S. The lowest BCUT2D eigenvalue weighted by atomic mass is 10.1. The van der Waals surface area contributed by atoms with Crippen LogP contribution in [0.15, 0.2) is 23.1 Å². The zero-order valence-corrected chi connectivity index (χ0v) is 14.0. The molecule has 2 amide bonds. The third kappa shape index (κ3) is 3.92. The van der Waals surface area contributed by atoms with Gasteiger partial charge in [-0.05, 0) is 35.9 Å². The number of amides is 2. The van der Waals surface area contributed by atoms with Crippen molar-refractivity contribution < 1.29 is 24.0 Å². The highest BCUT2D eigenvalue weighted by Gasteiger charge is 2.34. The van der Waals surface area contributed by atoms with Crippen LogP contribution in [0.4, 0.5) is 10.5 Å². The first-order chi connectivity index (χ1) is 11.5. The number of methoxy groups -OCH3 is 2. The molecule has 2 rings (SSSR count). The Morgan fingerprint density at radius 1 is 1.33 bits per heavy atom. The van der Waals surface area contributed by atoms with E-state index >= 15 is 0 Å². The summed E-state index contributed by atoms with van der Waals surface area (Å²) in [4.78, 5) is 36.0. The number of carbonyl (C=O) groups is 2. The Morgan fingerprint density at radius 2 is 2.08 bits per heavy atom. The van der Waals surface area contributed by atoms with Gasteiger partial charge in [-0.15, -0.1) is 0 Å². The summed E-state index contributed by atoms with van der Waals surface area (Å²) in [5.74, 6) is -0.274. The van der Waals surface area contributed by atoms with E-state index in [1.165, 1.54) is 25.3 Å². The number of nitro groups is 1. The van der Waals surface area contributed by atoms with Gasteiger partial charge in [-0.3, -0.25) is 24.6 Å². The van der Waals surface area contributed by atoms with E-state index in [9.17, 15) is 19.7 Å². The molecule has 0 atom stereocenters. The monoisotopic (exact) mass is 352 g/mol. The van der Waals surface area contributed by atoms with Gasteiger partial charge in [0.2, 0.25) is 0 Å². The molecule has 0 aromatic heterocycles. The molecule has 1 heterocycles. The molecule has 1 saturated heterocycles. The van der Waals surface area contributed by atoms with Crippen LogP contribution >= 0.6 is 11.8 Å². The number of benzene rings is 1. The smallest absolute Gasteiger partial charge is 0.311 e. The van der Waals surface area contributed by atoms with Crippen LogP contribution in [0.3, 0.4) is 0 Å². The van der Waals surface area contributed by atoms with Crippen LogP contribution < -0.4 is 4.74 Å². The van der Waals surface area contributed by atoms with Crippen molar-refractivity contribution in [2.75, 3.05) is 27.4 Å². The molecule has 9 heteroatoms. The molecule has 0 N–H and O–H groups in total. The molecule has 1 fully saturated rings. The summed E-state index contributed by atoms with van der Waals surface area (Å²) in [5, 5.41) is 10.7. The number of hydrogen-bond donors (Lipinski definition) is 0. The van der Waals surface area contributed by atoms with E-state index in [2.05, 4.69) is 0 Å². The van der Waals surface area contributed by atoms with Gasteiger partial charge in [0, 0.05) is 26.3 Å². The molecule has 0 aliphatic carbocycles. The van der Waals surface area contributed by atoms with Crippen molar-refractivity contribution >= 4 is 34.7 Å². The van der Waals surface area contributed by atoms with Gasteiger partial charge in [0.15, 0.2) is 5.75 Å². The van der Waals surface area contributed by atoms with Crippen molar-refractivity contribution in [3.63, 3.8) is 0 Å². The Labute approximate surface area is 142 Å². The third-order valence-electron chi connectivity index (χ3n) is 3.30. The number of carbonyl (C=O) groups excluding carboxylic acids is 2. The van der Waals surface area contributed by atoms with Crippen molar-refractivity contribution in [1.29, 1.82) is 0 Å². The highest BCUT2D eigenvalue weighted by Crippen LogP contribution is 2.34. The second-order valence-corrected chi connectivity index (χ2v) is 5.86. The van der Waals surface area contributed by atoms with E-state index in [1.807, 2.05) is 0 Å². The Balaban J connectivity index is 2.22. The zero-order valence-electron chi connectivity index (χ0n) is 13.2. The SMILES string of the molecule is COCCCN1C(=O)S/C(=C/c2ccc(OC)c([N+](=O)[O-])c2)C1=O. The van der Waals surface area contributed by atoms with Crippen molar-refractivity contribution in [3.8, 4) is 5.75 Å². The highest BCUT2D eigenvalue weighted by atomic mass is 32.2. The number of nitro benzene ring substituents is 1. The fourth-order valence-corrected chi connectivity index (χ4v) is 3.02. The predicted octanol–water partition coefficient (Wildman–Crippen LogP) is 2.68. The van der Waals surface area contributed by atoms with E-state index in [0.717, 1.165) is 16.7 Å². The zero-order chi connectivity index (χ0) is 17.7. The Morgan fingerprint density at radius 3 is 2.71 bits per heavy atom. The lowest BCUT2D eigenvalue weighted by Crippen LogP contribution is -2.29. The van der Waals surface area contributed by atoms with Gasteiger partial charge < -0.3 is 9.47 Å². The van der Waals surface area contributed by atoms with Crippen molar-refractivity contribution in [1.82, 2.24) is 4.90 Å². The van der Waals surface area contributed by atoms with Gasteiger partial charge in [0.05, 0.1) is 16.9 Å². The molecule has 0 radical (unpaired) electrons. The largest absolute Gasteiger partial charge is 0.490 e. The normalized spacial score (nSPS) is 16.1. The van der Waals surface area contributed by atoms with Crippen molar-refractivity contribution in [3.05, 3.63) is 38.8 Å². The molecule has 0 saturated carbocycles. The number of hydrogen-bond acceptors (Lipinski definition) is 7. The molecule has 1 aliphatic rings. The van der Waals surface area contributed by atoms with Gasteiger partial charge in [-0.1, -0.05) is 6.07 Å². The van der Waals surface area contributed by atoms with E-state index in [4.69, 9.17) is 9.47 Å². The van der Waals surface area contributed by atoms with Crippen LogP contribution in [0.25, 0.3) is 6.08 Å². The fourth-order valence-electron chi connectivity index (χ4n) is 2.15. The summed E-state index contributed by atoms with van der Waals surface area (Å²) in [5.41, 5.74) is 0.246. The van der Waals surface area contributed by atoms with E-state index in [-0.39, 0.29) is 28.1 Å². The fraction of sp³-hybridized carbons (Fsp3) is 0.333. The van der Waals surface area contributed by atoms with Crippen LogP contribution in [0, 0.1) is 10.1 Å². The first kappa shape index (κ1) is 18.0. The van der Waals surface area contributed by atoms with E-state index < -0.39 is 10.8 Å². The molecule has 0 unspecified atom stereocenters. The standard InChI is InChI=1S/C15H16N2O6S/c1-22-7-3-6-16-14(18)13(24-15(16)19)9-10-4-5-12(23-2)11(8-10)17(20)21/h4-5,8-9H,3,6-7H2,1-2H3/b13-9+. The quantitative estimate of drug-likeness (QED) is 0.322. The Kier molecular flexibility index (Phi) is 5.93. The minimum absolute atomic E-state index is 0.129. The van der Waals surface area contributed by atoms with Gasteiger partial charge in [0.1, 0.15) is 0 Å². The number of ether oxygens (including phenoxy) is 2. The molecule has 0 bridgehead atoms. The minimum atomic E-state index is -0.563. The summed E-state index contributed by atoms with van der Waals surface area (Å²) >= 11 is 0.815. The van der Waals surface area contributed by atoms with Gasteiger partial charge in [0.25, 0.3) is 11.1 Å². The average Bonchev–Trinajstić information content (AvgIpc) is 2.82. The van der Waals surface area contributed by atoms with Crippen LogP contribution in [-0.4, -0.2) is 48.3 Å². The lowest BCUT2D eigenvalue weighted by Gasteiger charge is -2.11. The molecular weight excluding hydrogens is 336 g/mol. The van der Waals surface area contributed by atoms with Crippen molar-refractivity contribution in [2.45, 2.75) is 6.42 Å². The number of imide groups is 1. The second kappa shape index (κ2) is 7.93. The predicted molar refractivity (Wildman–Crippen MR) is 88.8 cm³/mol.